The summed E-state index contributed by atoms with van der Waals surface area (Å²) in [6.45, 7) is 4.02. The van der Waals surface area contributed by atoms with Crippen LogP contribution in [0.4, 0.5) is 5.69 Å². The number of sulfonamides is 1. The van der Waals surface area contributed by atoms with Gasteiger partial charge < -0.3 is 0 Å². The molecule has 0 fully saturated rings. The number of ketones is 1. The summed E-state index contributed by atoms with van der Waals surface area (Å²) in [5, 5.41) is 5.19. The Bertz CT molecular complexity index is 1150. The number of nitrogens with zero attached hydrogens (tertiary/aromatic N) is 2. The molecule has 2 N–H and O–H groups in total. The number of Topliss-reactive ketones (excluding diaryl/α,β-unsaturated/α-hetero) is 1. The summed E-state index contributed by atoms with van der Waals surface area (Å²) in [4.78, 5) is 32.1. The van der Waals surface area contributed by atoms with Crippen LogP contribution in [0.2, 0.25) is 0 Å². The second kappa shape index (κ2) is 7.14. The third-order valence-corrected chi connectivity index (χ3v) is 6.58. The Kier molecular flexibility index (Phi) is 4.86. The SMILES string of the molecule is CC1(C)CC(=O)C2=C(C1)N(c1ccc(S(N)(=O)=O)cc1)C(=O)CC2c1cccnc1. The van der Waals surface area contributed by atoms with Crippen LogP contribution >= 0.6 is 0 Å². The Morgan fingerprint density at radius 2 is 1.80 bits per heavy atom. The van der Waals surface area contributed by atoms with E-state index in [0.29, 0.717) is 29.8 Å². The Morgan fingerprint density at radius 1 is 1.10 bits per heavy atom. The number of aromatic nitrogens is 1. The zero-order chi connectivity index (χ0) is 21.7. The molecule has 1 aromatic carbocycles. The molecule has 1 aromatic heterocycles. The van der Waals surface area contributed by atoms with Crippen LogP contribution in [0, 0.1) is 5.41 Å². The lowest BCUT2D eigenvalue weighted by molar-refractivity contribution is -0.121. The van der Waals surface area contributed by atoms with E-state index in [4.69, 9.17) is 5.14 Å². The molecule has 1 amide bonds. The smallest absolute Gasteiger partial charge is 0.238 e. The standard InChI is InChI=1S/C22H23N3O4S/c1-22(2)11-18-21(19(26)12-22)17(14-4-3-9-24-13-14)10-20(27)25(18)15-5-7-16(8-6-15)30(23,28)29/h3-9,13,17H,10-12H2,1-2H3,(H2,23,28,29). The summed E-state index contributed by atoms with van der Waals surface area (Å²) in [6.07, 6.45) is 4.48. The second-order valence-electron chi connectivity index (χ2n) is 8.61. The van der Waals surface area contributed by atoms with Gasteiger partial charge in [0.2, 0.25) is 15.9 Å². The number of pyridine rings is 1. The molecule has 2 aromatic rings. The molecule has 0 spiro atoms. The van der Waals surface area contributed by atoms with Crippen molar-refractivity contribution in [3.8, 4) is 0 Å². The topological polar surface area (TPSA) is 110 Å². The van der Waals surface area contributed by atoms with Crippen molar-refractivity contribution in [2.75, 3.05) is 4.90 Å². The molecule has 156 valence electrons. The fourth-order valence-electron chi connectivity index (χ4n) is 4.37. The van der Waals surface area contributed by atoms with Crippen LogP contribution in [0.25, 0.3) is 0 Å². The van der Waals surface area contributed by atoms with Crippen LogP contribution in [0.1, 0.15) is 44.6 Å². The Labute approximate surface area is 175 Å². The third-order valence-electron chi connectivity index (χ3n) is 5.65. The Balaban J connectivity index is 1.86. The molecule has 8 heteroatoms. The molecular weight excluding hydrogens is 402 g/mol. The van der Waals surface area contributed by atoms with Crippen LogP contribution in [-0.4, -0.2) is 25.1 Å². The largest absolute Gasteiger partial charge is 0.294 e. The van der Waals surface area contributed by atoms with Crippen LogP contribution < -0.4 is 10.0 Å². The maximum absolute atomic E-state index is 13.2. The van der Waals surface area contributed by atoms with Crippen LogP contribution in [0.3, 0.4) is 0 Å². The summed E-state index contributed by atoms with van der Waals surface area (Å²) in [7, 11) is -3.84. The van der Waals surface area contributed by atoms with E-state index in [0.717, 1.165) is 5.56 Å². The average molecular weight is 426 g/mol. The first-order valence-corrected chi connectivity index (χ1v) is 11.2. The monoisotopic (exact) mass is 425 g/mol. The number of carbonyl (C=O) groups excluding carboxylic acids is 2. The van der Waals surface area contributed by atoms with Gasteiger partial charge in [-0.2, -0.15) is 0 Å². The van der Waals surface area contributed by atoms with E-state index in [1.54, 1.807) is 35.5 Å². The highest BCUT2D eigenvalue weighted by molar-refractivity contribution is 7.89. The van der Waals surface area contributed by atoms with Crippen molar-refractivity contribution in [3.05, 3.63) is 65.6 Å². The molecular formula is C22H23N3O4S. The fraction of sp³-hybridized carbons (Fsp3) is 0.318. The van der Waals surface area contributed by atoms with Gasteiger partial charge in [0.15, 0.2) is 5.78 Å². The van der Waals surface area contributed by atoms with Crippen LogP contribution in [0.5, 0.6) is 0 Å². The van der Waals surface area contributed by atoms with E-state index in [1.165, 1.54) is 12.1 Å². The minimum atomic E-state index is -3.84. The lowest BCUT2D eigenvalue weighted by Gasteiger charge is -2.42. The zero-order valence-electron chi connectivity index (χ0n) is 16.8. The van der Waals surface area contributed by atoms with Gasteiger partial charge in [-0.25, -0.2) is 13.6 Å². The Morgan fingerprint density at radius 3 is 2.40 bits per heavy atom. The molecule has 4 rings (SSSR count). The number of hydrogen-bond donors (Lipinski definition) is 1. The van der Waals surface area contributed by atoms with Crippen molar-refractivity contribution in [2.45, 2.75) is 43.9 Å². The third kappa shape index (κ3) is 3.68. The van der Waals surface area contributed by atoms with E-state index in [-0.39, 0.29) is 34.3 Å². The average Bonchev–Trinajstić information content (AvgIpc) is 2.66. The molecule has 0 saturated carbocycles. The summed E-state index contributed by atoms with van der Waals surface area (Å²) in [6, 6.07) is 9.55. The highest BCUT2D eigenvalue weighted by atomic mass is 32.2. The van der Waals surface area contributed by atoms with E-state index < -0.39 is 10.0 Å². The van der Waals surface area contributed by atoms with Gasteiger partial charge in [0, 0.05) is 48.1 Å². The number of nitrogens with two attached hydrogens (primary N) is 1. The van der Waals surface area contributed by atoms with Gasteiger partial charge in [0.1, 0.15) is 0 Å². The molecule has 1 aliphatic carbocycles. The number of anilines is 1. The molecule has 2 heterocycles. The quantitative estimate of drug-likeness (QED) is 0.813. The van der Waals surface area contributed by atoms with Crippen molar-refractivity contribution < 1.29 is 18.0 Å². The molecule has 2 aliphatic rings. The number of hydrogen-bond acceptors (Lipinski definition) is 5. The van der Waals surface area contributed by atoms with E-state index in [2.05, 4.69) is 4.98 Å². The second-order valence-corrected chi connectivity index (χ2v) is 10.2. The molecule has 0 radical (unpaired) electrons. The predicted octanol–water partition coefficient (Wildman–Crippen LogP) is 2.89. The molecule has 30 heavy (non-hydrogen) atoms. The zero-order valence-corrected chi connectivity index (χ0v) is 17.6. The lowest BCUT2D eigenvalue weighted by Crippen LogP contribution is -2.43. The predicted molar refractivity (Wildman–Crippen MR) is 112 cm³/mol. The number of primary sulfonamides is 1. The van der Waals surface area contributed by atoms with Gasteiger partial charge in [-0.15, -0.1) is 0 Å². The van der Waals surface area contributed by atoms with E-state index >= 15 is 0 Å². The van der Waals surface area contributed by atoms with E-state index in [9.17, 15) is 18.0 Å². The Hall–Kier alpha value is -2.84. The van der Waals surface area contributed by atoms with Crippen molar-refractivity contribution >= 4 is 27.4 Å². The summed E-state index contributed by atoms with van der Waals surface area (Å²) in [5.41, 5.74) is 2.42. The molecule has 0 bridgehead atoms. The van der Waals surface area contributed by atoms with Crippen LogP contribution in [-0.2, 0) is 19.6 Å². The van der Waals surface area contributed by atoms with Crippen molar-refractivity contribution in [1.82, 2.24) is 4.98 Å². The first-order chi connectivity index (χ1) is 14.1. The van der Waals surface area contributed by atoms with Crippen molar-refractivity contribution in [1.29, 1.82) is 0 Å². The maximum atomic E-state index is 13.2. The minimum absolute atomic E-state index is 0.0294. The van der Waals surface area contributed by atoms with Gasteiger partial charge in [0.25, 0.3) is 0 Å². The normalized spacial score (nSPS) is 21.6. The number of carbonyl (C=O) groups is 2. The van der Waals surface area contributed by atoms with Gasteiger partial charge in [-0.05, 0) is 47.7 Å². The first kappa shape index (κ1) is 20.4. The number of benzene rings is 1. The van der Waals surface area contributed by atoms with E-state index in [1.807, 2.05) is 19.9 Å². The van der Waals surface area contributed by atoms with Gasteiger partial charge >= 0.3 is 0 Å². The van der Waals surface area contributed by atoms with Crippen molar-refractivity contribution in [3.63, 3.8) is 0 Å². The van der Waals surface area contributed by atoms with Gasteiger partial charge in [-0.1, -0.05) is 19.9 Å². The maximum Gasteiger partial charge on any atom is 0.238 e. The number of amides is 1. The summed E-state index contributed by atoms with van der Waals surface area (Å²) < 4.78 is 23.2. The fourth-order valence-corrected chi connectivity index (χ4v) is 4.88. The molecule has 1 unspecified atom stereocenters. The summed E-state index contributed by atoms with van der Waals surface area (Å²) >= 11 is 0. The highest BCUT2D eigenvalue weighted by Gasteiger charge is 2.44. The molecule has 1 aliphatic heterocycles. The summed E-state index contributed by atoms with van der Waals surface area (Å²) in [5.74, 6) is -0.435. The van der Waals surface area contributed by atoms with Crippen molar-refractivity contribution in [2.24, 2.45) is 10.6 Å². The molecule has 7 nitrogen and oxygen atoms in total. The molecule has 0 saturated heterocycles. The first-order valence-electron chi connectivity index (χ1n) is 9.69. The van der Waals surface area contributed by atoms with Crippen LogP contribution in [0.15, 0.2) is 65.0 Å². The highest BCUT2D eigenvalue weighted by Crippen LogP contribution is 2.48. The van der Waals surface area contributed by atoms with Gasteiger partial charge in [0.05, 0.1) is 4.90 Å². The lowest BCUT2D eigenvalue weighted by atomic mass is 9.69. The van der Waals surface area contributed by atoms with Gasteiger partial charge in [-0.3, -0.25) is 19.5 Å². The molecule has 1 atom stereocenters. The number of rotatable bonds is 3. The minimum Gasteiger partial charge on any atom is -0.294 e. The number of allylic oxidation sites excluding steroid dienone is 2.